The third-order valence-electron chi connectivity index (χ3n) is 6.41. The molecule has 1 aliphatic rings. The van der Waals surface area contributed by atoms with Gasteiger partial charge in [-0.1, -0.05) is 42.5 Å². The average molecular weight is 447 g/mol. The Hall–Kier alpha value is -3.05. The van der Waals surface area contributed by atoms with Crippen molar-refractivity contribution in [2.45, 2.75) is 58.1 Å². The van der Waals surface area contributed by atoms with Crippen molar-refractivity contribution < 1.29 is 14.3 Å². The first-order valence-corrected chi connectivity index (χ1v) is 11.9. The van der Waals surface area contributed by atoms with Crippen molar-refractivity contribution in [2.75, 3.05) is 18.8 Å². The van der Waals surface area contributed by atoms with Crippen LogP contribution >= 0.6 is 0 Å². The molecule has 1 saturated carbocycles. The first-order valence-electron chi connectivity index (χ1n) is 11.9. The molecular formula is C28H34N2O3. The number of aromatic nitrogens is 1. The lowest BCUT2D eigenvalue weighted by Gasteiger charge is -2.38. The Bertz CT molecular complexity index is 999. The second-order valence-electron chi connectivity index (χ2n) is 8.54. The van der Waals surface area contributed by atoms with E-state index >= 15 is 0 Å². The van der Waals surface area contributed by atoms with Crippen LogP contribution < -0.4 is 14.5 Å². The van der Waals surface area contributed by atoms with Gasteiger partial charge in [-0.3, -0.25) is 9.82 Å². The summed E-state index contributed by atoms with van der Waals surface area (Å²) in [5.41, 5.74) is 4.36. The Kier molecular flexibility index (Phi) is 7.84. The van der Waals surface area contributed by atoms with E-state index in [1.54, 1.807) is 7.11 Å². The summed E-state index contributed by atoms with van der Waals surface area (Å²) < 4.78 is 11.3. The Morgan fingerprint density at radius 1 is 0.939 bits per heavy atom. The van der Waals surface area contributed by atoms with Gasteiger partial charge in [0.25, 0.3) is 0 Å². The van der Waals surface area contributed by atoms with E-state index in [1.807, 2.05) is 44.3 Å². The van der Waals surface area contributed by atoms with Crippen molar-refractivity contribution >= 4 is 5.69 Å². The van der Waals surface area contributed by atoms with Crippen molar-refractivity contribution in [3.63, 3.8) is 0 Å². The van der Waals surface area contributed by atoms with Crippen LogP contribution in [0.5, 0.6) is 11.5 Å². The first kappa shape index (κ1) is 23.1. The van der Waals surface area contributed by atoms with Gasteiger partial charge in [-0.25, -0.2) is 5.06 Å². The monoisotopic (exact) mass is 446 g/mol. The van der Waals surface area contributed by atoms with Crippen LogP contribution in [0.2, 0.25) is 0 Å². The molecule has 5 heteroatoms. The van der Waals surface area contributed by atoms with Gasteiger partial charge >= 0.3 is 0 Å². The van der Waals surface area contributed by atoms with Crippen LogP contribution in [0.3, 0.4) is 0 Å². The Labute approximate surface area is 197 Å². The number of ether oxygens (including phenoxy) is 2. The number of hydroxylamine groups is 1. The molecule has 0 unspecified atom stereocenters. The molecule has 0 saturated heterocycles. The summed E-state index contributed by atoms with van der Waals surface area (Å²) in [6.07, 6.45) is 6.18. The molecule has 1 heterocycles. The van der Waals surface area contributed by atoms with Crippen LogP contribution in [-0.2, 0) is 11.4 Å². The first-order chi connectivity index (χ1) is 16.2. The van der Waals surface area contributed by atoms with Crippen LogP contribution in [0, 0.1) is 6.92 Å². The van der Waals surface area contributed by atoms with Crippen LogP contribution in [0.4, 0.5) is 5.69 Å². The number of hydrogen-bond donors (Lipinski definition) is 0. The van der Waals surface area contributed by atoms with Crippen molar-refractivity contribution in [3.8, 4) is 11.5 Å². The summed E-state index contributed by atoms with van der Waals surface area (Å²) in [6.45, 7) is 5.20. The van der Waals surface area contributed by atoms with Crippen LogP contribution in [-0.4, -0.2) is 24.7 Å². The molecule has 0 N–H and O–H groups in total. The van der Waals surface area contributed by atoms with Gasteiger partial charge in [0.05, 0.1) is 32.1 Å². The molecule has 0 radical (unpaired) electrons. The zero-order valence-electron chi connectivity index (χ0n) is 19.9. The molecule has 1 aliphatic carbocycles. The van der Waals surface area contributed by atoms with Crippen molar-refractivity contribution in [1.82, 2.24) is 4.98 Å². The predicted molar refractivity (Wildman–Crippen MR) is 132 cm³/mol. The second-order valence-corrected chi connectivity index (χ2v) is 8.54. The minimum atomic E-state index is 0.281. The summed E-state index contributed by atoms with van der Waals surface area (Å²) in [7, 11) is 1.70. The van der Waals surface area contributed by atoms with Crippen molar-refractivity contribution in [1.29, 1.82) is 0 Å². The number of hydrogen-bond acceptors (Lipinski definition) is 5. The minimum absolute atomic E-state index is 0.281. The molecule has 1 fully saturated rings. The maximum Gasteiger partial charge on any atom is 0.165 e. The molecular weight excluding hydrogens is 412 g/mol. The van der Waals surface area contributed by atoms with Crippen molar-refractivity contribution in [2.24, 2.45) is 0 Å². The van der Waals surface area contributed by atoms with Gasteiger partial charge in [0, 0.05) is 6.20 Å². The average Bonchev–Trinajstić information content (AvgIpc) is 2.86. The molecule has 33 heavy (non-hydrogen) atoms. The second kappa shape index (κ2) is 11.2. The highest BCUT2D eigenvalue weighted by Crippen LogP contribution is 2.40. The lowest BCUT2D eigenvalue weighted by molar-refractivity contribution is 0.0613. The highest BCUT2D eigenvalue weighted by Gasteiger charge is 2.30. The summed E-state index contributed by atoms with van der Waals surface area (Å²) in [5, 5.41) is 2.08. The number of nitrogens with zero attached hydrogens (tertiary/aromatic N) is 2. The number of benzene rings is 2. The van der Waals surface area contributed by atoms with Crippen LogP contribution in [0.1, 0.15) is 55.3 Å². The molecule has 3 aromatic rings. The van der Waals surface area contributed by atoms with E-state index in [1.165, 1.54) is 5.56 Å². The largest absolute Gasteiger partial charge is 0.494 e. The topological polar surface area (TPSA) is 43.8 Å². The molecule has 0 bridgehead atoms. The third kappa shape index (κ3) is 5.66. The normalized spacial score (nSPS) is 18.0. The standard InChI is InChI=1S/C28H34N2O3/c1-4-32-26-16-12-24(13-17-26)23-10-14-25(15-11-23)30(33-20-22-8-6-5-7-9-22)27-18-19-29-21(2)28(27)31-3/h5-9,12-13,16-19,23,25H,4,10-11,14-15,20H2,1-3H3. The summed E-state index contributed by atoms with van der Waals surface area (Å²) >= 11 is 0. The fraction of sp³-hybridized carbons (Fsp3) is 0.393. The number of anilines is 1. The summed E-state index contributed by atoms with van der Waals surface area (Å²) in [6, 6.07) is 21.2. The van der Waals surface area contributed by atoms with E-state index in [0.29, 0.717) is 19.1 Å². The van der Waals surface area contributed by atoms with E-state index in [9.17, 15) is 0 Å². The van der Waals surface area contributed by atoms with Gasteiger partial charge in [-0.05, 0) is 74.8 Å². The maximum atomic E-state index is 6.44. The van der Waals surface area contributed by atoms with Gasteiger partial charge in [-0.2, -0.15) is 0 Å². The smallest absolute Gasteiger partial charge is 0.165 e. The molecule has 174 valence electrons. The number of rotatable bonds is 9. The number of aryl methyl sites for hydroxylation is 1. The number of pyridine rings is 1. The van der Waals surface area contributed by atoms with E-state index in [0.717, 1.165) is 54.1 Å². The maximum absolute atomic E-state index is 6.44. The molecule has 0 aliphatic heterocycles. The molecule has 2 aromatic carbocycles. The Morgan fingerprint density at radius 3 is 2.33 bits per heavy atom. The SMILES string of the molecule is CCOc1ccc(C2CCC(N(OCc3ccccc3)c3ccnc(C)c3OC)CC2)cc1. The molecule has 1 aromatic heterocycles. The molecule has 0 atom stereocenters. The molecule has 4 rings (SSSR count). The fourth-order valence-corrected chi connectivity index (χ4v) is 4.70. The van der Waals surface area contributed by atoms with E-state index < -0.39 is 0 Å². The van der Waals surface area contributed by atoms with Crippen LogP contribution in [0.15, 0.2) is 66.9 Å². The lowest BCUT2D eigenvalue weighted by atomic mass is 9.81. The summed E-state index contributed by atoms with van der Waals surface area (Å²) in [4.78, 5) is 10.9. The van der Waals surface area contributed by atoms with Gasteiger partial charge in [0.2, 0.25) is 0 Å². The summed E-state index contributed by atoms with van der Waals surface area (Å²) in [5.74, 6) is 2.28. The fourth-order valence-electron chi connectivity index (χ4n) is 4.70. The number of methoxy groups -OCH3 is 1. The van der Waals surface area contributed by atoms with Crippen LogP contribution in [0.25, 0.3) is 0 Å². The Morgan fingerprint density at radius 2 is 1.67 bits per heavy atom. The molecule has 5 nitrogen and oxygen atoms in total. The zero-order chi connectivity index (χ0) is 23.0. The van der Waals surface area contributed by atoms with Gasteiger partial charge in [0.15, 0.2) is 5.75 Å². The molecule has 0 spiro atoms. The van der Waals surface area contributed by atoms with Crippen molar-refractivity contribution in [3.05, 3.63) is 83.7 Å². The minimum Gasteiger partial charge on any atom is -0.494 e. The highest BCUT2D eigenvalue weighted by molar-refractivity contribution is 5.59. The predicted octanol–water partition coefficient (Wildman–Crippen LogP) is 6.46. The van der Waals surface area contributed by atoms with Gasteiger partial charge in [-0.15, -0.1) is 0 Å². The van der Waals surface area contributed by atoms with E-state index in [-0.39, 0.29) is 6.04 Å². The van der Waals surface area contributed by atoms with Gasteiger partial charge in [0.1, 0.15) is 11.4 Å². The quantitative estimate of drug-likeness (QED) is 0.353. The van der Waals surface area contributed by atoms with E-state index in [2.05, 4.69) is 46.4 Å². The van der Waals surface area contributed by atoms with E-state index in [4.69, 9.17) is 14.3 Å². The zero-order valence-corrected chi connectivity index (χ0v) is 19.9. The Balaban J connectivity index is 1.49. The molecule has 0 amide bonds. The third-order valence-corrected chi connectivity index (χ3v) is 6.41. The van der Waals surface area contributed by atoms with Gasteiger partial charge < -0.3 is 9.47 Å². The lowest BCUT2D eigenvalue weighted by Crippen LogP contribution is -2.38. The highest BCUT2D eigenvalue weighted by atomic mass is 16.7.